The fourth-order valence-electron chi connectivity index (χ4n) is 2.28. The van der Waals surface area contributed by atoms with Gasteiger partial charge in [0.1, 0.15) is 0 Å². The van der Waals surface area contributed by atoms with Crippen molar-refractivity contribution in [1.29, 1.82) is 0 Å². The van der Waals surface area contributed by atoms with Crippen molar-refractivity contribution < 1.29 is 9.72 Å². The van der Waals surface area contributed by atoms with Crippen LogP contribution in [0.25, 0.3) is 10.9 Å². The summed E-state index contributed by atoms with van der Waals surface area (Å²) in [6.45, 7) is 0. The molecule has 0 spiro atoms. The van der Waals surface area contributed by atoms with Gasteiger partial charge in [-0.3, -0.25) is 14.9 Å². The highest BCUT2D eigenvalue weighted by molar-refractivity contribution is 6.31. The summed E-state index contributed by atoms with van der Waals surface area (Å²) < 4.78 is 0. The summed E-state index contributed by atoms with van der Waals surface area (Å²) in [5.41, 5.74) is 1.11. The van der Waals surface area contributed by atoms with Crippen molar-refractivity contribution >= 4 is 34.0 Å². The molecule has 0 atom stereocenters. The second-order valence-electron chi connectivity index (χ2n) is 4.50. The summed E-state index contributed by atoms with van der Waals surface area (Å²) in [6, 6.07) is 11.1. The van der Waals surface area contributed by atoms with E-state index in [1.54, 1.807) is 30.3 Å². The molecule has 0 saturated heterocycles. The van der Waals surface area contributed by atoms with Crippen LogP contribution in [0.5, 0.6) is 0 Å². The number of aromatic amines is 1. The minimum Gasteiger partial charge on any atom is -0.360 e. The van der Waals surface area contributed by atoms with Gasteiger partial charge in [0, 0.05) is 22.8 Å². The zero-order valence-electron chi connectivity index (χ0n) is 10.7. The van der Waals surface area contributed by atoms with E-state index in [1.165, 1.54) is 18.3 Å². The van der Waals surface area contributed by atoms with Crippen LogP contribution in [-0.2, 0) is 0 Å². The van der Waals surface area contributed by atoms with Crippen LogP contribution < -0.4 is 0 Å². The van der Waals surface area contributed by atoms with E-state index in [1.807, 2.05) is 0 Å². The van der Waals surface area contributed by atoms with Crippen LogP contribution in [-0.4, -0.2) is 15.7 Å². The van der Waals surface area contributed by atoms with Crippen LogP contribution >= 0.6 is 11.6 Å². The average molecular weight is 301 g/mol. The Morgan fingerprint density at radius 1 is 1.19 bits per heavy atom. The van der Waals surface area contributed by atoms with E-state index in [4.69, 9.17) is 11.6 Å². The molecule has 0 bridgehead atoms. The van der Waals surface area contributed by atoms with Crippen molar-refractivity contribution in [2.24, 2.45) is 0 Å². The minimum atomic E-state index is -0.495. The number of nitro groups is 1. The van der Waals surface area contributed by atoms with E-state index >= 15 is 0 Å². The number of nitrogens with one attached hydrogen (secondary N) is 1. The number of aromatic nitrogens is 1. The van der Waals surface area contributed by atoms with Crippen LogP contribution in [0, 0.1) is 10.1 Å². The standard InChI is InChI=1S/C15H9ClN2O3/c16-10-4-1-3-9(7-10)15(19)11-8-17-12-5-2-6-13(14(11)12)18(20)21/h1-8,17H. The van der Waals surface area contributed by atoms with Gasteiger partial charge in [-0.25, -0.2) is 0 Å². The number of H-pyrrole nitrogens is 1. The van der Waals surface area contributed by atoms with Gasteiger partial charge in [0.25, 0.3) is 5.69 Å². The lowest BCUT2D eigenvalue weighted by Gasteiger charge is -2.01. The molecule has 0 aliphatic rings. The molecule has 104 valence electrons. The van der Waals surface area contributed by atoms with Gasteiger partial charge in [-0.05, 0) is 18.2 Å². The summed E-state index contributed by atoms with van der Waals surface area (Å²) in [6.07, 6.45) is 1.49. The first-order valence-corrected chi connectivity index (χ1v) is 6.50. The second-order valence-corrected chi connectivity index (χ2v) is 4.94. The van der Waals surface area contributed by atoms with Gasteiger partial charge in [0.2, 0.25) is 0 Å². The number of hydrogen-bond donors (Lipinski definition) is 1. The number of carbonyl (C=O) groups is 1. The first kappa shape index (κ1) is 13.3. The molecule has 1 aromatic heterocycles. The molecule has 1 heterocycles. The van der Waals surface area contributed by atoms with E-state index in [0.717, 1.165) is 0 Å². The van der Waals surface area contributed by atoms with Gasteiger partial charge in [-0.15, -0.1) is 0 Å². The number of halogens is 1. The Labute approximate surface area is 124 Å². The molecule has 0 unspecified atom stereocenters. The predicted octanol–water partition coefficient (Wildman–Crippen LogP) is 3.96. The van der Waals surface area contributed by atoms with Gasteiger partial charge < -0.3 is 4.98 Å². The van der Waals surface area contributed by atoms with Gasteiger partial charge >= 0.3 is 0 Å². The number of nitrogens with zero attached hydrogens (tertiary/aromatic N) is 1. The van der Waals surface area contributed by atoms with E-state index in [2.05, 4.69) is 4.98 Å². The number of ketones is 1. The van der Waals surface area contributed by atoms with Crippen molar-refractivity contribution in [2.45, 2.75) is 0 Å². The maximum atomic E-state index is 12.5. The maximum absolute atomic E-state index is 12.5. The van der Waals surface area contributed by atoms with Crippen LogP contribution in [0.3, 0.4) is 0 Å². The highest BCUT2D eigenvalue weighted by atomic mass is 35.5. The quantitative estimate of drug-likeness (QED) is 0.452. The van der Waals surface area contributed by atoms with Crippen LogP contribution in [0.1, 0.15) is 15.9 Å². The van der Waals surface area contributed by atoms with E-state index in [9.17, 15) is 14.9 Å². The highest BCUT2D eigenvalue weighted by Crippen LogP contribution is 2.30. The third-order valence-electron chi connectivity index (χ3n) is 3.21. The van der Waals surface area contributed by atoms with E-state index in [-0.39, 0.29) is 17.0 Å². The van der Waals surface area contributed by atoms with Crippen LogP contribution in [0.15, 0.2) is 48.7 Å². The molecule has 5 nitrogen and oxygen atoms in total. The maximum Gasteiger partial charge on any atom is 0.279 e. The second kappa shape index (κ2) is 5.03. The van der Waals surface area contributed by atoms with Crippen molar-refractivity contribution in [2.75, 3.05) is 0 Å². The third-order valence-corrected chi connectivity index (χ3v) is 3.45. The molecular formula is C15H9ClN2O3. The first-order valence-electron chi connectivity index (χ1n) is 6.12. The zero-order valence-corrected chi connectivity index (χ0v) is 11.4. The largest absolute Gasteiger partial charge is 0.360 e. The van der Waals surface area contributed by atoms with Gasteiger partial charge in [-0.1, -0.05) is 29.8 Å². The fraction of sp³-hybridized carbons (Fsp3) is 0. The molecular weight excluding hydrogens is 292 g/mol. The lowest BCUT2D eigenvalue weighted by atomic mass is 10.0. The summed E-state index contributed by atoms with van der Waals surface area (Å²) in [7, 11) is 0. The summed E-state index contributed by atoms with van der Waals surface area (Å²) in [5, 5.41) is 11.9. The summed E-state index contributed by atoms with van der Waals surface area (Å²) in [5.74, 6) is -0.307. The van der Waals surface area contributed by atoms with Crippen LogP contribution in [0.4, 0.5) is 5.69 Å². The molecule has 0 aliphatic heterocycles. The molecule has 3 aromatic rings. The van der Waals surface area contributed by atoms with E-state index < -0.39 is 4.92 Å². The monoisotopic (exact) mass is 300 g/mol. The Morgan fingerprint density at radius 2 is 1.95 bits per heavy atom. The lowest BCUT2D eigenvalue weighted by Crippen LogP contribution is -2.01. The molecule has 2 aromatic carbocycles. The Morgan fingerprint density at radius 3 is 2.67 bits per heavy atom. The Balaban J connectivity index is 2.21. The third kappa shape index (κ3) is 2.28. The molecule has 6 heteroatoms. The van der Waals surface area contributed by atoms with Crippen molar-refractivity contribution in [1.82, 2.24) is 4.98 Å². The predicted molar refractivity (Wildman–Crippen MR) is 79.8 cm³/mol. The number of carbonyl (C=O) groups excluding carboxylic acids is 1. The average Bonchev–Trinajstić information content (AvgIpc) is 2.90. The lowest BCUT2D eigenvalue weighted by molar-refractivity contribution is -0.383. The number of hydrogen-bond acceptors (Lipinski definition) is 3. The zero-order chi connectivity index (χ0) is 15.0. The molecule has 3 rings (SSSR count). The van der Waals surface area contributed by atoms with Gasteiger partial charge in [0.15, 0.2) is 5.78 Å². The molecule has 0 saturated carbocycles. The highest BCUT2D eigenvalue weighted by Gasteiger charge is 2.21. The van der Waals surface area contributed by atoms with Crippen molar-refractivity contribution in [3.05, 3.63) is 74.9 Å². The summed E-state index contributed by atoms with van der Waals surface area (Å²) >= 11 is 5.88. The normalized spacial score (nSPS) is 10.7. The number of non-ortho nitro benzene ring substituents is 1. The molecule has 21 heavy (non-hydrogen) atoms. The number of nitro benzene ring substituents is 1. The molecule has 0 amide bonds. The first-order chi connectivity index (χ1) is 10.1. The Kier molecular flexibility index (Phi) is 3.19. The van der Waals surface area contributed by atoms with Crippen molar-refractivity contribution in [3.63, 3.8) is 0 Å². The Bertz CT molecular complexity index is 870. The minimum absolute atomic E-state index is 0.0980. The smallest absolute Gasteiger partial charge is 0.279 e. The molecule has 0 radical (unpaired) electrons. The van der Waals surface area contributed by atoms with Crippen LogP contribution in [0.2, 0.25) is 5.02 Å². The SMILES string of the molecule is O=C(c1cccc(Cl)c1)c1c[nH]c2cccc([N+](=O)[O-])c12. The van der Waals surface area contributed by atoms with Gasteiger partial charge in [-0.2, -0.15) is 0 Å². The van der Waals surface area contributed by atoms with Crippen molar-refractivity contribution in [3.8, 4) is 0 Å². The number of rotatable bonds is 3. The molecule has 1 N–H and O–H groups in total. The summed E-state index contributed by atoms with van der Waals surface area (Å²) in [4.78, 5) is 26.1. The fourth-order valence-corrected chi connectivity index (χ4v) is 2.47. The van der Waals surface area contributed by atoms with E-state index in [0.29, 0.717) is 21.5 Å². The number of benzene rings is 2. The Hall–Kier alpha value is -2.66. The number of fused-ring (bicyclic) bond motifs is 1. The molecule has 0 fully saturated rings. The topological polar surface area (TPSA) is 76.0 Å². The molecule has 0 aliphatic carbocycles. The van der Waals surface area contributed by atoms with Gasteiger partial charge in [0.05, 0.1) is 21.4 Å².